The van der Waals surface area contributed by atoms with Crippen LogP contribution in [0.25, 0.3) is 0 Å². The largest absolute Gasteiger partial charge is 0.390 e. The molecule has 0 aliphatic heterocycles. The molecule has 1 rings (SSSR count). The molecule has 1 N–H and O–H groups in total. The van der Waals surface area contributed by atoms with Crippen LogP contribution in [0, 0.1) is 0 Å². The molecule has 1 aromatic rings. The lowest BCUT2D eigenvalue weighted by Gasteiger charge is -2.27. The molecule has 0 aliphatic rings. The molecule has 0 amide bonds. The molecule has 0 fully saturated rings. The van der Waals surface area contributed by atoms with E-state index >= 15 is 0 Å². The third kappa shape index (κ3) is 6.44. The quantitative estimate of drug-likeness (QED) is 0.822. The van der Waals surface area contributed by atoms with E-state index in [0.29, 0.717) is 13.0 Å². The number of hydrogen-bond donors (Lipinski definition) is 1. The Kier molecular flexibility index (Phi) is 4.72. The van der Waals surface area contributed by atoms with Crippen LogP contribution >= 0.6 is 0 Å². The molecule has 2 heteroatoms. The Morgan fingerprint density at radius 2 is 1.65 bits per heavy atom. The van der Waals surface area contributed by atoms with E-state index in [-0.39, 0.29) is 5.60 Å². The van der Waals surface area contributed by atoms with E-state index in [4.69, 9.17) is 4.74 Å². The summed E-state index contributed by atoms with van der Waals surface area (Å²) in [5, 5.41) is 9.62. The highest BCUT2D eigenvalue weighted by molar-refractivity contribution is 5.16. The van der Waals surface area contributed by atoms with Crippen LogP contribution in [-0.2, 0) is 11.2 Å². The fourth-order valence-corrected chi connectivity index (χ4v) is 1.72. The maximum atomic E-state index is 9.62. The predicted octanol–water partition coefficient (Wildman–Crippen LogP) is 3.19. The molecule has 0 saturated carbocycles. The lowest BCUT2D eigenvalue weighted by Crippen LogP contribution is -2.30. The summed E-state index contributed by atoms with van der Waals surface area (Å²) < 4.78 is 5.85. The Morgan fingerprint density at radius 3 is 2.18 bits per heavy atom. The maximum absolute atomic E-state index is 9.62. The maximum Gasteiger partial charge on any atom is 0.0666 e. The van der Waals surface area contributed by atoms with Crippen molar-refractivity contribution in [2.75, 3.05) is 6.61 Å². The van der Waals surface area contributed by atoms with Gasteiger partial charge in [-0.05, 0) is 39.7 Å². The summed E-state index contributed by atoms with van der Waals surface area (Å²) in [6.45, 7) is 8.37. The molecule has 17 heavy (non-hydrogen) atoms. The highest BCUT2D eigenvalue weighted by Crippen LogP contribution is 2.18. The smallest absolute Gasteiger partial charge is 0.0666 e. The minimum absolute atomic E-state index is 0.188. The normalized spacial score (nSPS) is 12.8. The Balaban J connectivity index is 2.41. The van der Waals surface area contributed by atoms with Gasteiger partial charge in [-0.2, -0.15) is 0 Å². The predicted molar refractivity (Wildman–Crippen MR) is 71.1 cm³/mol. The molecule has 0 aliphatic carbocycles. The van der Waals surface area contributed by atoms with Crippen LogP contribution < -0.4 is 0 Å². The molecule has 1 aromatic carbocycles. The van der Waals surface area contributed by atoms with Crippen molar-refractivity contribution in [2.45, 2.75) is 51.7 Å². The number of ether oxygens (including phenoxy) is 1. The summed E-state index contributed by atoms with van der Waals surface area (Å²) in [6, 6.07) is 10.3. The van der Waals surface area contributed by atoms with Crippen LogP contribution in [0.4, 0.5) is 0 Å². The van der Waals surface area contributed by atoms with Gasteiger partial charge in [0.15, 0.2) is 0 Å². The first-order valence-corrected chi connectivity index (χ1v) is 6.19. The highest BCUT2D eigenvalue weighted by Gasteiger charge is 2.20. The van der Waals surface area contributed by atoms with E-state index < -0.39 is 5.60 Å². The number of aliphatic hydroxyl groups is 1. The molecule has 0 radical (unpaired) electrons. The minimum Gasteiger partial charge on any atom is -0.390 e. The van der Waals surface area contributed by atoms with Gasteiger partial charge in [0.05, 0.1) is 17.8 Å². The summed E-state index contributed by atoms with van der Waals surface area (Å²) in [5.74, 6) is 0. The second-order valence-electron chi connectivity index (χ2n) is 5.83. The Morgan fingerprint density at radius 1 is 1.06 bits per heavy atom. The van der Waals surface area contributed by atoms with Crippen LogP contribution in [0.3, 0.4) is 0 Å². The Bertz CT molecular complexity index is 323. The standard InChI is InChI=1S/C15H24O2/c1-14(2,16)10-11-17-15(3,4)12-13-8-6-5-7-9-13/h5-9,16H,10-12H2,1-4H3. The number of benzene rings is 1. The van der Waals surface area contributed by atoms with E-state index in [0.717, 1.165) is 6.42 Å². The molecule has 0 spiro atoms. The lowest BCUT2D eigenvalue weighted by molar-refractivity contribution is -0.0453. The average Bonchev–Trinajstić information content (AvgIpc) is 2.15. The van der Waals surface area contributed by atoms with Crippen molar-refractivity contribution in [3.8, 4) is 0 Å². The summed E-state index contributed by atoms with van der Waals surface area (Å²) in [4.78, 5) is 0. The first-order chi connectivity index (χ1) is 7.79. The van der Waals surface area contributed by atoms with E-state index in [1.807, 2.05) is 18.2 Å². The van der Waals surface area contributed by atoms with Gasteiger partial charge in [-0.25, -0.2) is 0 Å². The number of rotatable bonds is 6. The van der Waals surface area contributed by atoms with Crippen LogP contribution in [0.1, 0.15) is 39.7 Å². The highest BCUT2D eigenvalue weighted by atomic mass is 16.5. The minimum atomic E-state index is -0.650. The van der Waals surface area contributed by atoms with Gasteiger partial charge in [-0.15, -0.1) is 0 Å². The van der Waals surface area contributed by atoms with Crippen molar-refractivity contribution in [1.29, 1.82) is 0 Å². The van der Waals surface area contributed by atoms with Gasteiger partial charge in [0.2, 0.25) is 0 Å². The third-order valence-corrected chi connectivity index (χ3v) is 2.68. The molecule has 2 nitrogen and oxygen atoms in total. The Labute approximate surface area is 105 Å². The second kappa shape index (κ2) is 5.65. The monoisotopic (exact) mass is 236 g/mol. The van der Waals surface area contributed by atoms with Crippen LogP contribution in [0.2, 0.25) is 0 Å². The van der Waals surface area contributed by atoms with Crippen molar-refractivity contribution in [1.82, 2.24) is 0 Å². The zero-order valence-corrected chi connectivity index (χ0v) is 11.4. The molecule has 96 valence electrons. The van der Waals surface area contributed by atoms with Crippen LogP contribution in [0.15, 0.2) is 30.3 Å². The SMILES string of the molecule is CC(C)(O)CCOC(C)(C)Cc1ccccc1. The van der Waals surface area contributed by atoms with Gasteiger partial charge in [0.25, 0.3) is 0 Å². The number of hydrogen-bond acceptors (Lipinski definition) is 2. The first-order valence-electron chi connectivity index (χ1n) is 6.19. The molecule has 0 saturated heterocycles. The molecule has 0 atom stereocenters. The van der Waals surface area contributed by atoms with E-state index in [2.05, 4.69) is 26.0 Å². The van der Waals surface area contributed by atoms with E-state index in [1.165, 1.54) is 5.56 Å². The molecule has 0 bridgehead atoms. The molecule has 0 unspecified atom stereocenters. The van der Waals surface area contributed by atoms with Crippen molar-refractivity contribution < 1.29 is 9.84 Å². The van der Waals surface area contributed by atoms with Crippen LogP contribution in [-0.4, -0.2) is 22.9 Å². The zero-order chi connectivity index (χ0) is 12.9. The molecule has 0 heterocycles. The first kappa shape index (κ1) is 14.2. The van der Waals surface area contributed by atoms with E-state index in [9.17, 15) is 5.11 Å². The van der Waals surface area contributed by atoms with E-state index in [1.54, 1.807) is 13.8 Å². The van der Waals surface area contributed by atoms with Crippen molar-refractivity contribution in [3.05, 3.63) is 35.9 Å². The van der Waals surface area contributed by atoms with Crippen molar-refractivity contribution in [3.63, 3.8) is 0 Å². The lowest BCUT2D eigenvalue weighted by atomic mass is 9.98. The van der Waals surface area contributed by atoms with Crippen molar-refractivity contribution >= 4 is 0 Å². The van der Waals surface area contributed by atoms with Gasteiger partial charge in [-0.3, -0.25) is 0 Å². The fraction of sp³-hybridized carbons (Fsp3) is 0.600. The van der Waals surface area contributed by atoms with Crippen molar-refractivity contribution in [2.24, 2.45) is 0 Å². The second-order valence-corrected chi connectivity index (χ2v) is 5.83. The summed E-state index contributed by atoms with van der Waals surface area (Å²) in [5.41, 5.74) is 0.441. The molecule has 0 aromatic heterocycles. The average molecular weight is 236 g/mol. The Hall–Kier alpha value is -0.860. The molecular weight excluding hydrogens is 212 g/mol. The van der Waals surface area contributed by atoms with Gasteiger partial charge in [-0.1, -0.05) is 30.3 Å². The zero-order valence-electron chi connectivity index (χ0n) is 11.4. The van der Waals surface area contributed by atoms with Gasteiger partial charge >= 0.3 is 0 Å². The fourth-order valence-electron chi connectivity index (χ4n) is 1.72. The molecular formula is C15H24O2. The van der Waals surface area contributed by atoms with Crippen LogP contribution in [0.5, 0.6) is 0 Å². The van der Waals surface area contributed by atoms with Gasteiger partial charge in [0.1, 0.15) is 0 Å². The summed E-state index contributed by atoms with van der Waals surface area (Å²) in [7, 11) is 0. The third-order valence-electron chi connectivity index (χ3n) is 2.68. The topological polar surface area (TPSA) is 29.5 Å². The van der Waals surface area contributed by atoms with Gasteiger partial charge in [0, 0.05) is 6.42 Å². The summed E-state index contributed by atoms with van der Waals surface area (Å²) >= 11 is 0. The van der Waals surface area contributed by atoms with Gasteiger partial charge < -0.3 is 9.84 Å². The summed E-state index contributed by atoms with van der Waals surface area (Å²) in [6.07, 6.45) is 1.55.